The number of nitrogens with one attached hydrogen (secondary N) is 1. The molecule has 0 spiro atoms. The van der Waals surface area contributed by atoms with Crippen LogP contribution >= 0.6 is 11.8 Å². The van der Waals surface area contributed by atoms with Gasteiger partial charge in [0.2, 0.25) is 11.1 Å². The van der Waals surface area contributed by atoms with Gasteiger partial charge in [-0.05, 0) is 65.1 Å². The zero-order valence-corrected chi connectivity index (χ0v) is 15.4. The minimum Gasteiger partial charge on any atom is -0.508 e. The van der Waals surface area contributed by atoms with E-state index in [-0.39, 0.29) is 23.5 Å². The van der Waals surface area contributed by atoms with Gasteiger partial charge in [-0.1, -0.05) is 36.0 Å². The van der Waals surface area contributed by atoms with E-state index in [0.717, 1.165) is 24.9 Å². The number of phenolic OH excluding ortho intramolecular Hbond substituents is 1. The molecular formula is C19H19N5O2S. The van der Waals surface area contributed by atoms with Gasteiger partial charge in [0.1, 0.15) is 5.75 Å². The van der Waals surface area contributed by atoms with Gasteiger partial charge in [0.25, 0.3) is 0 Å². The number of benzene rings is 2. The Morgan fingerprint density at radius 1 is 1.22 bits per heavy atom. The fourth-order valence-electron chi connectivity index (χ4n) is 3.29. The summed E-state index contributed by atoms with van der Waals surface area (Å²) >= 11 is 1.28. The van der Waals surface area contributed by atoms with E-state index in [1.807, 2.05) is 12.1 Å². The van der Waals surface area contributed by atoms with Crippen LogP contribution in [0.1, 0.15) is 30.0 Å². The minimum absolute atomic E-state index is 0.0399. The molecule has 138 valence electrons. The number of thioether (sulfide) groups is 1. The molecule has 0 aliphatic heterocycles. The van der Waals surface area contributed by atoms with Crippen LogP contribution in [0.25, 0.3) is 5.69 Å². The molecule has 4 rings (SSSR count). The molecule has 0 radical (unpaired) electrons. The van der Waals surface area contributed by atoms with Crippen LogP contribution in [-0.4, -0.2) is 37.0 Å². The molecule has 3 aromatic rings. The monoisotopic (exact) mass is 381 g/mol. The quantitative estimate of drug-likeness (QED) is 0.660. The van der Waals surface area contributed by atoms with Gasteiger partial charge in [-0.3, -0.25) is 4.79 Å². The molecule has 7 nitrogen and oxygen atoms in total. The van der Waals surface area contributed by atoms with Crippen LogP contribution < -0.4 is 5.32 Å². The standard InChI is InChI=1S/C19H19N5O2S/c25-15-10-8-14(9-11-15)24-19(21-22-23-24)27-12-18(26)20-17-7-3-5-13-4-1-2-6-16(13)17/h1-2,4,6,8-11,17,25H,3,5,7,12H2,(H,20,26)/t17-/m0/s1. The zero-order valence-electron chi connectivity index (χ0n) is 14.6. The number of carbonyl (C=O) groups is 1. The van der Waals surface area contributed by atoms with Crippen LogP contribution in [0, 0.1) is 0 Å². The highest BCUT2D eigenvalue weighted by atomic mass is 32.2. The third-order valence-corrected chi connectivity index (χ3v) is 5.49. The van der Waals surface area contributed by atoms with Gasteiger partial charge >= 0.3 is 0 Å². The summed E-state index contributed by atoms with van der Waals surface area (Å²) in [6, 6.07) is 14.9. The van der Waals surface area contributed by atoms with Gasteiger partial charge in [0.05, 0.1) is 17.5 Å². The van der Waals surface area contributed by atoms with Crippen LogP contribution in [0.2, 0.25) is 0 Å². The van der Waals surface area contributed by atoms with E-state index in [9.17, 15) is 9.90 Å². The van der Waals surface area contributed by atoms with E-state index >= 15 is 0 Å². The number of hydrogen-bond acceptors (Lipinski definition) is 6. The van der Waals surface area contributed by atoms with Gasteiger partial charge in [-0.25, -0.2) is 0 Å². The summed E-state index contributed by atoms with van der Waals surface area (Å²) in [4.78, 5) is 12.5. The second kappa shape index (κ2) is 7.79. The van der Waals surface area contributed by atoms with E-state index in [1.54, 1.807) is 28.9 Å². The van der Waals surface area contributed by atoms with Crippen molar-refractivity contribution in [2.45, 2.75) is 30.5 Å². The van der Waals surface area contributed by atoms with Crippen molar-refractivity contribution in [3.63, 3.8) is 0 Å². The van der Waals surface area contributed by atoms with Crippen molar-refractivity contribution in [2.24, 2.45) is 0 Å². The fraction of sp³-hybridized carbons (Fsp3) is 0.263. The van der Waals surface area contributed by atoms with E-state index in [4.69, 9.17) is 0 Å². The Labute approximate surface area is 160 Å². The normalized spacial score (nSPS) is 15.9. The number of rotatable bonds is 5. The molecule has 2 N–H and O–H groups in total. The first-order valence-corrected chi connectivity index (χ1v) is 9.77. The predicted octanol–water partition coefficient (Wildman–Crippen LogP) is 2.65. The molecule has 1 atom stereocenters. The zero-order chi connectivity index (χ0) is 18.6. The number of hydrogen-bond donors (Lipinski definition) is 2. The maximum absolute atomic E-state index is 12.5. The number of phenols is 1. The Hall–Kier alpha value is -2.87. The smallest absolute Gasteiger partial charge is 0.230 e. The molecule has 0 unspecified atom stereocenters. The topological polar surface area (TPSA) is 92.9 Å². The van der Waals surface area contributed by atoms with Crippen molar-refractivity contribution in [1.29, 1.82) is 0 Å². The number of tetrazole rings is 1. The predicted molar refractivity (Wildman–Crippen MR) is 102 cm³/mol. The van der Waals surface area contributed by atoms with E-state index in [2.05, 4.69) is 33.0 Å². The molecule has 1 aliphatic carbocycles. The fourth-order valence-corrected chi connectivity index (χ4v) is 4.00. The molecule has 8 heteroatoms. The number of aromatic nitrogens is 4. The van der Waals surface area contributed by atoms with Crippen LogP contribution in [0.5, 0.6) is 5.75 Å². The highest BCUT2D eigenvalue weighted by molar-refractivity contribution is 7.99. The molecule has 2 aromatic carbocycles. The van der Waals surface area contributed by atoms with Gasteiger partial charge in [-0.2, -0.15) is 4.68 Å². The number of aryl methyl sites for hydroxylation is 1. The van der Waals surface area contributed by atoms with Crippen molar-refractivity contribution < 1.29 is 9.90 Å². The first-order valence-electron chi connectivity index (χ1n) is 8.78. The summed E-state index contributed by atoms with van der Waals surface area (Å²) in [5.74, 6) is 0.368. The number of nitrogens with zero attached hydrogens (tertiary/aromatic N) is 4. The molecule has 27 heavy (non-hydrogen) atoms. The summed E-state index contributed by atoms with van der Waals surface area (Å²) in [5.41, 5.74) is 3.26. The summed E-state index contributed by atoms with van der Waals surface area (Å²) in [6.45, 7) is 0. The Morgan fingerprint density at radius 3 is 2.89 bits per heavy atom. The first kappa shape index (κ1) is 17.5. The van der Waals surface area contributed by atoms with Gasteiger partial charge < -0.3 is 10.4 Å². The van der Waals surface area contributed by atoms with Crippen molar-refractivity contribution in [2.75, 3.05) is 5.75 Å². The number of amides is 1. The van der Waals surface area contributed by atoms with Gasteiger partial charge in [-0.15, -0.1) is 5.10 Å². The molecule has 1 aromatic heterocycles. The highest BCUT2D eigenvalue weighted by Gasteiger charge is 2.21. The average Bonchev–Trinajstić information content (AvgIpc) is 3.16. The molecule has 0 saturated carbocycles. The minimum atomic E-state index is -0.0399. The lowest BCUT2D eigenvalue weighted by molar-refractivity contribution is -0.119. The second-order valence-corrected chi connectivity index (χ2v) is 7.33. The maximum Gasteiger partial charge on any atom is 0.230 e. The molecular weight excluding hydrogens is 362 g/mol. The van der Waals surface area contributed by atoms with Crippen molar-refractivity contribution in [3.05, 3.63) is 59.7 Å². The Morgan fingerprint density at radius 2 is 2.04 bits per heavy atom. The number of fused-ring (bicyclic) bond motifs is 1. The summed E-state index contributed by atoms with van der Waals surface area (Å²) in [5, 5.41) is 24.7. The largest absolute Gasteiger partial charge is 0.508 e. The van der Waals surface area contributed by atoms with E-state index in [0.29, 0.717) is 5.16 Å². The van der Waals surface area contributed by atoms with Crippen molar-refractivity contribution >= 4 is 17.7 Å². The molecule has 1 amide bonds. The Balaban J connectivity index is 1.40. The number of aromatic hydroxyl groups is 1. The summed E-state index contributed by atoms with van der Waals surface area (Å²) < 4.78 is 1.55. The molecule has 1 heterocycles. The van der Waals surface area contributed by atoms with Crippen LogP contribution in [-0.2, 0) is 11.2 Å². The number of carbonyl (C=O) groups excluding carboxylic acids is 1. The van der Waals surface area contributed by atoms with E-state index in [1.165, 1.54) is 22.9 Å². The van der Waals surface area contributed by atoms with Crippen molar-refractivity contribution in [3.8, 4) is 11.4 Å². The van der Waals surface area contributed by atoms with Crippen LogP contribution in [0.3, 0.4) is 0 Å². The lowest BCUT2D eigenvalue weighted by atomic mass is 9.88. The van der Waals surface area contributed by atoms with Crippen LogP contribution in [0.15, 0.2) is 53.7 Å². The molecule has 1 aliphatic rings. The lowest BCUT2D eigenvalue weighted by Gasteiger charge is -2.26. The van der Waals surface area contributed by atoms with E-state index < -0.39 is 0 Å². The Kier molecular flexibility index (Phi) is 5.06. The third-order valence-electron chi connectivity index (χ3n) is 4.57. The van der Waals surface area contributed by atoms with Crippen molar-refractivity contribution in [1.82, 2.24) is 25.5 Å². The molecule has 0 fully saturated rings. The van der Waals surface area contributed by atoms with Crippen LogP contribution in [0.4, 0.5) is 0 Å². The summed E-state index contributed by atoms with van der Waals surface area (Å²) in [7, 11) is 0. The maximum atomic E-state index is 12.5. The molecule has 0 bridgehead atoms. The third kappa shape index (κ3) is 3.95. The first-order chi connectivity index (χ1) is 13.2. The second-order valence-electron chi connectivity index (χ2n) is 6.39. The highest BCUT2D eigenvalue weighted by Crippen LogP contribution is 2.29. The summed E-state index contributed by atoms with van der Waals surface area (Å²) in [6.07, 6.45) is 3.10. The SMILES string of the molecule is O=C(CSc1nnnn1-c1ccc(O)cc1)N[C@H]1CCCc2ccccc21. The van der Waals surface area contributed by atoms with Gasteiger partial charge in [0.15, 0.2) is 0 Å². The average molecular weight is 381 g/mol. The van der Waals surface area contributed by atoms with Gasteiger partial charge in [0, 0.05) is 0 Å². The Bertz CT molecular complexity index is 941. The molecule has 0 saturated heterocycles. The lowest BCUT2D eigenvalue weighted by Crippen LogP contribution is -2.32.